The Hall–Kier alpha value is -1.50. The Bertz CT molecular complexity index is 457. The number of anilines is 2. The zero-order valence-electron chi connectivity index (χ0n) is 10.2. The monoisotopic (exact) mass is 268 g/mol. The first-order valence-electron chi connectivity index (χ1n) is 5.76. The lowest BCUT2D eigenvalue weighted by atomic mass is 9.84. The molecule has 0 spiro atoms. The van der Waals surface area contributed by atoms with E-state index in [1.165, 1.54) is 25.3 Å². The van der Waals surface area contributed by atoms with Crippen molar-refractivity contribution in [1.82, 2.24) is 4.98 Å². The molecule has 1 aromatic rings. The van der Waals surface area contributed by atoms with Gasteiger partial charge in [-0.25, -0.2) is 4.98 Å². The smallest absolute Gasteiger partial charge is 0.311 e. The Morgan fingerprint density at radius 1 is 1.61 bits per heavy atom. The van der Waals surface area contributed by atoms with Crippen molar-refractivity contribution in [1.29, 1.82) is 0 Å². The van der Waals surface area contributed by atoms with Crippen LogP contribution in [0.4, 0.5) is 17.3 Å². The number of hydrogen-bond donors (Lipinski definition) is 2. The number of aromatic nitrogens is 1. The second-order valence-corrected chi connectivity index (χ2v) is 5.73. The normalized spacial score (nSPS) is 16.9. The molecule has 1 aliphatic rings. The van der Waals surface area contributed by atoms with Gasteiger partial charge in [0.15, 0.2) is 0 Å². The summed E-state index contributed by atoms with van der Waals surface area (Å²) in [5, 5.41) is 13.8. The Morgan fingerprint density at radius 2 is 2.33 bits per heavy atom. The Morgan fingerprint density at radius 3 is 2.78 bits per heavy atom. The number of nitrogens with two attached hydrogens (primary N) is 1. The Kier molecular flexibility index (Phi) is 3.60. The molecule has 0 aliphatic heterocycles. The minimum Gasteiger partial charge on any atom is -0.378 e. The van der Waals surface area contributed by atoms with E-state index in [2.05, 4.69) is 16.6 Å². The molecule has 0 saturated heterocycles. The first-order chi connectivity index (χ1) is 8.56. The van der Waals surface area contributed by atoms with E-state index < -0.39 is 4.92 Å². The van der Waals surface area contributed by atoms with Crippen molar-refractivity contribution in [2.75, 3.05) is 23.9 Å². The summed E-state index contributed by atoms with van der Waals surface area (Å²) in [6, 6.07) is 2.98. The van der Waals surface area contributed by atoms with Crippen LogP contribution in [0.2, 0.25) is 0 Å². The maximum atomic E-state index is 10.6. The average Bonchev–Trinajstić information content (AvgIpc) is 2.27. The highest BCUT2D eigenvalue weighted by molar-refractivity contribution is 8.00. The van der Waals surface area contributed by atoms with E-state index in [0.717, 1.165) is 6.54 Å². The number of rotatable bonds is 5. The lowest BCUT2D eigenvalue weighted by Crippen LogP contribution is -2.40. The van der Waals surface area contributed by atoms with Crippen LogP contribution in [0.1, 0.15) is 19.3 Å². The number of hydrogen-bond acceptors (Lipinski definition) is 6. The van der Waals surface area contributed by atoms with Gasteiger partial charge in [0.1, 0.15) is 5.82 Å². The quantitative estimate of drug-likeness (QED) is 0.628. The third-order valence-corrected chi connectivity index (χ3v) is 4.81. The van der Waals surface area contributed by atoms with Gasteiger partial charge in [0.05, 0.1) is 4.92 Å². The fourth-order valence-corrected chi connectivity index (χ4v) is 2.91. The van der Waals surface area contributed by atoms with Gasteiger partial charge in [-0.2, -0.15) is 11.8 Å². The number of nitro groups is 1. The Labute approximate surface area is 110 Å². The van der Waals surface area contributed by atoms with Crippen LogP contribution in [0.3, 0.4) is 0 Å². The van der Waals surface area contributed by atoms with Gasteiger partial charge >= 0.3 is 5.69 Å². The maximum absolute atomic E-state index is 10.6. The molecule has 7 heteroatoms. The van der Waals surface area contributed by atoms with E-state index in [4.69, 9.17) is 5.73 Å². The standard InChI is InChI=1S/C11H16N4O2S/c1-18-11(5-2-6-11)7-13-9-4-3-8(15(16)17)10(12)14-9/h3-4H,2,5-7H2,1H3,(H3,12,13,14). The number of thioether (sulfide) groups is 1. The molecule has 0 unspecified atom stereocenters. The first kappa shape index (κ1) is 12.9. The van der Waals surface area contributed by atoms with Crippen LogP contribution in [0.15, 0.2) is 12.1 Å². The lowest BCUT2D eigenvalue weighted by molar-refractivity contribution is -0.384. The molecule has 1 heterocycles. The van der Waals surface area contributed by atoms with Gasteiger partial charge in [0.25, 0.3) is 0 Å². The zero-order chi connectivity index (χ0) is 13.2. The van der Waals surface area contributed by atoms with Crippen molar-refractivity contribution in [3.8, 4) is 0 Å². The number of pyridine rings is 1. The predicted molar refractivity (Wildman–Crippen MR) is 73.9 cm³/mol. The van der Waals surface area contributed by atoms with Crippen molar-refractivity contribution >= 4 is 29.1 Å². The topological polar surface area (TPSA) is 94.1 Å². The third-order valence-electron chi connectivity index (χ3n) is 3.39. The van der Waals surface area contributed by atoms with Crippen LogP contribution in [0.25, 0.3) is 0 Å². The molecular formula is C11H16N4O2S. The summed E-state index contributed by atoms with van der Waals surface area (Å²) in [6.07, 6.45) is 5.77. The van der Waals surface area contributed by atoms with E-state index in [-0.39, 0.29) is 16.3 Å². The Balaban J connectivity index is 2.02. The average molecular weight is 268 g/mol. The molecule has 0 aromatic carbocycles. The van der Waals surface area contributed by atoms with Crippen molar-refractivity contribution in [2.24, 2.45) is 0 Å². The van der Waals surface area contributed by atoms with E-state index in [1.807, 2.05) is 11.8 Å². The fourth-order valence-electron chi connectivity index (χ4n) is 2.00. The highest BCUT2D eigenvalue weighted by Gasteiger charge is 2.35. The molecule has 18 heavy (non-hydrogen) atoms. The van der Waals surface area contributed by atoms with E-state index in [0.29, 0.717) is 5.82 Å². The van der Waals surface area contributed by atoms with Crippen molar-refractivity contribution in [2.45, 2.75) is 24.0 Å². The molecule has 98 valence electrons. The van der Waals surface area contributed by atoms with Crippen molar-refractivity contribution in [3.05, 3.63) is 22.2 Å². The molecule has 1 saturated carbocycles. The first-order valence-corrected chi connectivity index (χ1v) is 6.99. The minimum absolute atomic E-state index is 0.0446. The molecule has 1 aromatic heterocycles. The number of nitrogen functional groups attached to an aromatic ring is 1. The molecular weight excluding hydrogens is 252 g/mol. The van der Waals surface area contributed by atoms with Gasteiger partial charge in [-0.1, -0.05) is 6.42 Å². The van der Waals surface area contributed by atoms with E-state index in [1.54, 1.807) is 6.07 Å². The molecule has 3 N–H and O–H groups in total. The van der Waals surface area contributed by atoms with Gasteiger partial charge in [-0.3, -0.25) is 10.1 Å². The fraction of sp³-hybridized carbons (Fsp3) is 0.545. The summed E-state index contributed by atoms with van der Waals surface area (Å²) >= 11 is 1.86. The van der Waals surface area contributed by atoms with Crippen molar-refractivity contribution < 1.29 is 4.92 Å². The van der Waals surface area contributed by atoms with Crippen LogP contribution >= 0.6 is 11.8 Å². The molecule has 1 aliphatic carbocycles. The van der Waals surface area contributed by atoms with Crippen molar-refractivity contribution in [3.63, 3.8) is 0 Å². The van der Waals surface area contributed by atoms with Crippen LogP contribution < -0.4 is 11.1 Å². The molecule has 0 radical (unpaired) electrons. The maximum Gasteiger partial charge on any atom is 0.311 e. The summed E-state index contributed by atoms with van der Waals surface area (Å²) in [7, 11) is 0. The van der Waals surface area contributed by atoms with Gasteiger partial charge in [-0.05, 0) is 25.2 Å². The van der Waals surface area contributed by atoms with Gasteiger partial charge in [0, 0.05) is 17.4 Å². The van der Waals surface area contributed by atoms with Crippen LogP contribution in [0.5, 0.6) is 0 Å². The lowest BCUT2D eigenvalue weighted by Gasteiger charge is -2.40. The highest BCUT2D eigenvalue weighted by atomic mass is 32.2. The minimum atomic E-state index is -0.526. The summed E-state index contributed by atoms with van der Waals surface area (Å²) in [5.74, 6) is 0.551. The molecule has 0 bridgehead atoms. The zero-order valence-corrected chi connectivity index (χ0v) is 11.0. The molecule has 0 amide bonds. The largest absolute Gasteiger partial charge is 0.378 e. The predicted octanol–water partition coefficient (Wildman–Crippen LogP) is 2.27. The highest BCUT2D eigenvalue weighted by Crippen LogP contribution is 2.42. The molecule has 6 nitrogen and oxygen atoms in total. The van der Waals surface area contributed by atoms with E-state index in [9.17, 15) is 10.1 Å². The third kappa shape index (κ3) is 2.50. The van der Waals surface area contributed by atoms with Crippen LogP contribution in [0, 0.1) is 10.1 Å². The summed E-state index contributed by atoms with van der Waals surface area (Å²) in [4.78, 5) is 14.1. The second kappa shape index (κ2) is 5.01. The summed E-state index contributed by atoms with van der Waals surface area (Å²) in [5.41, 5.74) is 5.39. The van der Waals surface area contributed by atoms with Crippen LogP contribution in [-0.4, -0.2) is 27.5 Å². The molecule has 0 atom stereocenters. The van der Waals surface area contributed by atoms with Gasteiger partial charge in [-0.15, -0.1) is 0 Å². The van der Waals surface area contributed by atoms with Gasteiger partial charge < -0.3 is 11.1 Å². The molecule has 1 fully saturated rings. The second-order valence-electron chi connectivity index (χ2n) is 4.45. The number of nitrogens with one attached hydrogen (secondary N) is 1. The SMILES string of the molecule is CSC1(CNc2ccc([N+](=O)[O-])c(N)n2)CCC1. The number of nitrogens with zero attached hydrogens (tertiary/aromatic N) is 2. The van der Waals surface area contributed by atoms with Gasteiger partial charge in [0.2, 0.25) is 5.82 Å². The van der Waals surface area contributed by atoms with Crippen LogP contribution in [-0.2, 0) is 0 Å². The summed E-state index contributed by atoms with van der Waals surface area (Å²) in [6.45, 7) is 0.818. The van der Waals surface area contributed by atoms with E-state index >= 15 is 0 Å². The molecule has 2 rings (SSSR count). The summed E-state index contributed by atoms with van der Waals surface area (Å²) < 4.78 is 0.290.